The lowest BCUT2D eigenvalue weighted by atomic mass is 10.1. The van der Waals surface area contributed by atoms with Gasteiger partial charge in [-0.15, -0.1) is 0 Å². The molecule has 2 aromatic rings. The van der Waals surface area contributed by atoms with Crippen LogP contribution < -0.4 is 10.1 Å². The second-order valence-corrected chi connectivity index (χ2v) is 6.17. The van der Waals surface area contributed by atoms with E-state index in [9.17, 15) is 9.59 Å². The Kier molecular flexibility index (Phi) is 7.68. The van der Waals surface area contributed by atoms with Crippen LogP contribution in [0.2, 0.25) is 0 Å². The van der Waals surface area contributed by atoms with Crippen LogP contribution in [0.25, 0.3) is 0 Å². The summed E-state index contributed by atoms with van der Waals surface area (Å²) in [4.78, 5) is 23.9. The van der Waals surface area contributed by atoms with Gasteiger partial charge in [0.2, 0.25) is 0 Å². The Morgan fingerprint density at radius 1 is 0.962 bits per heavy atom. The van der Waals surface area contributed by atoms with Crippen LogP contribution in [0.1, 0.15) is 25.8 Å². The molecule has 138 valence electrons. The van der Waals surface area contributed by atoms with Crippen LogP contribution in [-0.2, 0) is 20.7 Å². The average Bonchev–Trinajstić information content (AvgIpc) is 2.66. The molecule has 0 aliphatic heterocycles. The molecule has 2 rings (SSSR count). The summed E-state index contributed by atoms with van der Waals surface area (Å²) in [6.07, 6.45) is 0.829. The summed E-state index contributed by atoms with van der Waals surface area (Å²) >= 11 is 0. The standard InChI is InChI=1S/C21H25NO4/c1-16(13-14-18-9-5-3-6-10-18)22-21(24)17(2)26-20(23)15-25-19-11-7-4-8-12-19/h3-12,16-17H,13-15H2,1-2H3,(H,22,24)/t16-,17+/m1/s1. The Morgan fingerprint density at radius 3 is 2.23 bits per heavy atom. The summed E-state index contributed by atoms with van der Waals surface area (Å²) in [5.41, 5.74) is 1.23. The highest BCUT2D eigenvalue weighted by Gasteiger charge is 2.19. The first kappa shape index (κ1) is 19.5. The maximum atomic E-state index is 12.1. The van der Waals surface area contributed by atoms with Gasteiger partial charge in [-0.1, -0.05) is 48.5 Å². The summed E-state index contributed by atoms with van der Waals surface area (Å²) in [7, 11) is 0. The maximum Gasteiger partial charge on any atom is 0.344 e. The van der Waals surface area contributed by atoms with Crippen LogP contribution in [0.5, 0.6) is 5.75 Å². The highest BCUT2D eigenvalue weighted by atomic mass is 16.6. The second kappa shape index (κ2) is 10.2. The van der Waals surface area contributed by atoms with Crippen molar-refractivity contribution >= 4 is 11.9 Å². The van der Waals surface area contributed by atoms with E-state index in [1.54, 1.807) is 19.1 Å². The number of nitrogens with one attached hydrogen (secondary N) is 1. The lowest BCUT2D eigenvalue weighted by Gasteiger charge is -2.18. The van der Waals surface area contributed by atoms with Crippen molar-refractivity contribution in [1.29, 1.82) is 0 Å². The van der Waals surface area contributed by atoms with Crippen LogP contribution in [0.15, 0.2) is 60.7 Å². The Balaban J connectivity index is 1.68. The predicted octanol–water partition coefficient (Wildman–Crippen LogP) is 3.13. The minimum Gasteiger partial charge on any atom is -0.482 e. The molecule has 0 fully saturated rings. The summed E-state index contributed by atoms with van der Waals surface area (Å²) in [6.45, 7) is 3.26. The van der Waals surface area contributed by atoms with Crippen molar-refractivity contribution in [1.82, 2.24) is 5.32 Å². The molecule has 2 atom stereocenters. The third kappa shape index (κ3) is 6.97. The van der Waals surface area contributed by atoms with Gasteiger partial charge in [0.1, 0.15) is 5.75 Å². The van der Waals surface area contributed by atoms with Gasteiger partial charge in [-0.3, -0.25) is 4.79 Å². The summed E-state index contributed by atoms with van der Waals surface area (Å²) in [5.74, 6) is -0.303. The summed E-state index contributed by atoms with van der Waals surface area (Å²) in [5, 5.41) is 2.87. The molecule has 0 saturated heterocycles. The minimum atomic E-state index is -0.860. The summed E-state index contributed by atoms with van der Waals surface area (Å²) in [6, 6.07) is 19.1. The lowest BCUT2D eigenvalue weighted by molar-refractivity contribution is -0.156. The van der Waals surface area contributed by atoms with Gasteiger partial charge >= 0.3 is 5.97 Å². The molecule has 0 aromatic heterocycles. The number of rotatable bonds is 9. The normalized spacial score (nSPS) is 12.7. The summed E-state index contributed by atoms with van der Waals surface area (Å²) < 4.78 is 10.4. The Bertz CT molecular complexity index is 688. The molecule has 0 bridgehead atoms. The van der Waals surface area contributed by atoms with Gasteiger partial charge in [-0.25, -0.2) is 4.79 Å². The van der Waals surface area contributed by atoms with E-state index in [4.69, 9.17) is 9.47 Å². The number of carbonyl (C=O) groups is 2. The smallest absolute Gasteiger partial charge is 0.344 e. The molecule has 0 radical (unpaired) electrons. The number of benzene rings is 2. The first-order chi connectivity index (χ1) is 12.5. The second-order valence-electron chi connectivity index (χ2n) is 6.17. The number of amides is 1. The van der Waals surface area contributed by atoms with E-state index in [-0.39, 0.29) is 18.6 Å². The van der Waals surface area contributed by atoms with E-state index in [2.05, 4.69) is 17.4 Å². The van der Waals surface area contributed by atoms with Crippen LogP contribution in [0.3, 0.4) is 0 Å². The largest absolute Gasteiger partial charge is 0.482 e. The molecular weight excluding hydrogens is 330 g/mol. The molecule has 2 aromatic carbocycles. The Morgan fingerprint density at radius 2 is 1.58 bits per heavy atom. The molecule has 1 amide bonds. The van der Waals surface area contributed by atoms with E-state index >= 15 is 0 Å². The number of aryl methyl sites for hydroxylation is 1. The predicted molar refractivity (Wildman–Crippen MR) is 99.9 cm³/mol. The quantitative estimate of drug-likeness (QED) is 0.702. The SMILES string of the molecule is C[C@H](CCc1ccccc1)NC(=O)[C@H](C)OC(=O)COc1ccccc1. The molecule has 0 saturated carbocycles. The first-order valence-corrected chi connectivity index (χ1v) is 8.76. The third-order valence-electron chi connectivity index (χ3n) is 3.87. The van der Waals surface area contributed by atoms with Crippen molar-refractivity contribution in [2.45, 2.75) is 38.8 Å². The average molecular weight is 355 g/mol. The number of hydrogen-bond acceptors (Lipinski definition) is 4. The topological polar surface area (TPSA) is 64.6 Å². The van der Waals surface area contributed by atoms with Gasteiger partial charge in [0.15, 0.2) is 12.7 Å². The Hall–Kier alpha value is -2.82. The van der Waals surface area contributed by atoms with Crippen LogP contribution in [-0.4, -0.2) is 30.6 Å². The van der Waals surface area contributed by atoms with Crippen LogP contribution >= 0.6 is 0 Å². The molecule has 0 unspecified atom stereocenters. The fourth-order valence-electron chi connectivity index (χ4n) is 2.40. The van der Waals surface area contributed by atoms with Crippen molar-refractivity contribution < 1.29 is 19.1 Å². The van der Waals surface area contributed by atoms with Crippen molar-refractivity contribution in [3.05, 3.63) is 66.2 Å². The van der Waals surface area contributed by atoms with Crippen molar-refractivity contribution in [2.75, 3.05) is 6.61 Å². The van der Waals surface area contributed by atoms with Gasteiger partial charge in [-0.05, 0) is 44.4 Å². The number of hydrogen-bond donors (Lipinski definition) is 1. The molecule has 0 spiro atoms. The number of esters is 1. The van der Waals surface area contributed by atoms with E-state index < -0.39 is 12.1 Å². The minimum absolute atomic E-state index is 0.00979. The van der Waals surface area contributed by atoms with Crippen molar-refractivity contribution in [3.63, 3.8) is 0 Å². The van der Waals surface area contributed by atoms with E-state index in [1.165, 1.54) is 5.56 Å². The van der Waals surface area contributed by atoms with Crippen molar-refractivity contribution in [2.24, 2.45) is 0 Å². The van der Waals surface area contributed by atoms with E-state index in [1.807, 2.05) is 43.3 Å². The number of para-hydroxylation sites is 1. The molecule has 0 aliphatic carbocycles. The van der Waals surface area contributed by atoms with Gasteiger partial charge in [-0.2, -0.15) is 0 Å². The highest BCUT2D eigenvalue weighted by Crippen LogP contribution is 2.08. The zero-order chi connectivity index (χ0) is 18.8. The van der Waals surface area contributed by atoms with E-state index in [0.29, 0.717) is 5.75 Å². The molecule has 0 aliphatic rings. The molecule has 5 nitrogen and oxygen atoms in total. The van der Waals surface area contributed by atoms with Gasteiger partial charge in [0, 0.05) is 6.04 Å². The molecular formula is C21H25NO4. The zero-order valence-electron chi connectivity index (χ0n) is 15.2. The molecule has 1 N–H and O–H groups in total. The van der Waals surface area contributed by atoms with Gasteiger partial charge < -0.3 is 14.8 Å². The monoisotopic (exact) mass is 355 g/mol. The molecule has 5 heteroatoms. The molecule has 26 heavy (non-hydrogen) atoms. The highest BCUT2D eigenvalue weighted by molar-refractivity contribution is 5.83. The van der Waals surface area contributed by atoms with Crippen molar-refractivity contribution in [3.8, 4) is 5.75 Å². The fraction of sp³-hybridized carbons (Fsp3) is 0.333. The van der Waals surface area contributed by atoms with E-state index in [0.717, 1.165) is 12.8 Å². The number of carbonyl (C=O) groups excluding carboxylic acids is 2. The third-order valence-corrected chi connectivity index (χ3v) is 3.87. The van der Waals surface area contributed by atoms with Gasteiger partial charge in [0.25, 0.3) is 5.91 Å². The molecule has 0 heterocycles. The van der Waals surface area contributed by atoms with Crippen LogP contribution in [0.4, 0.5) is 0 Å². The Labute approximate surface area is 154 Å². The zero-order valence-corrected chi connectivity index (χ0v) is 15.2. The lowest BCUT2D eigenvalue weighted by Crippen LogP contribution is -2.41. The maximum absolute atomic E-state index is 12.1. The first-order valence-electron chi connectivity index (χ1n) is 8.76. The van der Waals surface area contributed by atoms with Crippen LogP contribution in [0, 0.1) is 0 Å². The van der Waals surface area contributed by atoms with Gasteiger partial charge in [0.05, 0.1) is 0 Å². The number of ether oxygens (including phenoxy) is 2. The fourth-order valence-corrected chi connectivity index (χ4v) is 2.40.